The molecular formula is C33H36F3N7O4. The van der Waals surface area contributed by atoms with Gasteiger partial charge in [0.1, 0.15) is 16.9 Å². The summed E-state index contributed by atoms with van der Waals surface area (Å²) in [6.45, 7) is 1.21. The standard InChI is InChI=1S/C33H36F3N7O4/c1-43(17-32(18-47-2)11-3-4-12-32)25-15-24(21-13-23(20-7-8-20)38-26(14-21)33(34,35)36)39-29-28(25)40-31(41-29)42-30(46)22-9-5-19(16-37-22)6-10-27(44)45/h5,9,13-16,20H,3-4,6-8,10-12,17-18H2,1-2H3,(H,44,45)(H2,39,40,41,42,46). The van der Waals surface area contributed by atoms with Gasteiger partial charge in [-0.25, -0.2) is 9.97 Å². The largest absolute Gasteiger partial charge is 0.481 e. The molecule has 4 heterocycles. The van der Waals surface area contributed by atoms with Gasteiger partial charge in [0.2, 0.25) is 5.95 Å². The fraction of sp³-hybridized carbons (Fsp3) is 0.455. The minimum absolute atomic E-state index is 0.00904. The molecule has 0 radical (unpaired) electrons. The molecule has 0 aromatic carbocycles. The molecule has 3 N–H and O–H groups in total. The van der Waals surface area contributed by atoms with Gasteiger partial charge in [-0.2, -0.15) is 18.2 Å². The first-order valence-electron chi connectivity index (χ1n) is 15.6. The second-order valence-corrected chi connectivity index (χ2v) is 12.6. The minimum atomic E-state index is -4.62. The van der Waals surface area contributed by atoms with Crippen LogP contribution in [0.2, 0.25) is 0 Å². The molecule has 2 saturated carbocycles. The van der Waals surface area contributed by atoms with E-state index in [4.69, 9.17) is 9.84 Å². The van der Waals surface area contributed by atoms with E-state index in [9.17, 15) is 22.8 Å². The Morgan fingerprint density at radius 1 is 1.13 bits per heavy atom. The number of H-pyrrole nitrogens is 1. The van der Waals surface area contributed by atoms with Crippen LogP contribution in [-0.4, -0.2) is 69.2 Å². The average Bonchev–Trinajstić information content (AvgIpc) is 3.66. The van der Waals surface area contributed by atoms with Gasteiger partial charge in [-0.3, -0.25) is 19.9 Å². The molecule has 0 atom stereocenters. The number of carboxylic acids is 1. The maximum absolute atomic E-state index is 13.9. The number of aromatic nitrogens is 5. The molecule has 2 aliphatic carbocycles. The summed E-state index contributed by atoms with van der Waals surface area (Å²) in [5, 5.41) is 11.6. The van der Waals surface area contributed by atoms with Crippen LogP contribution in [0.1, 0.15) is 78.3 Å². The number of carbonyl (C=O) groups is 2. The zero-order valence-corrected chi connectivity index (χ0v) is 26.2. The molecule has 0 unspecified atom stereocenters. The minimum Gasteiger partial charge on any atom is -0.481 e. The SMILES string of the molecule is COCC1(CN(C)c2cc(-c3cc(C4CC4)nc(C(F)(F)F)c3)nc3nc(NC(=O)c4ccc(CCC(=O)O)cn4)[nH]c23)CCCC1. The Balaban J connectivity index is 1.37. The number of rotatable bonds is 12. The highest BCUT2D eigenvalue weighted by atomic mass is 19.4. The maximum atomic E-state index is 13.9. The number of pyridine rings is 3. The van der Waals surface area contributed by atoms with Crippen molar-refractivity contribution in [2.24, 2.45) is 5.41 Å². The van der Waals surface area contributed by atoms with Crippen LogP contribution in [0.25, 0.3) is 22.4 Å². The number of imidazole rings is 1. The van der Waals surface area contributed by atoms with E-state index in [0.717, 1.165) is 44.6 Å². The van der Waals surface area contributed by atoms with Gasteiger partial charge in [0.25, 0.3) is 5.91 Å². The van der Waals surface area contributed by atoms with Crippen molar-refractivity contribution in [1.29, 1.82) is 0 Å². The summed E-state index contributed by atoms with van der Waals surface area (Å²) < 4.78 is 47.4. The Hall–Kier alpha value is -4.59. The third-order valence-corrected chi connectivity index (χ3v) is 8.88. The van der Waals surface area contributed by atoms with Crippen LogP contribution < -0.4 is 10.2 Å². The fourth-order valence-corrected chi connectivity index (χ4v) is 6.41. The van der Waals surface area contributed by atoms with Crippen molar-refractivity contribution in [3.63, 3.8) is 0 Å². The van der Waals surface area contributed by atoms with Crippen molar-refractivity contribution >= 4 is 34.7 Å². The number of anilines is 2. The smallest absolute Gasteiger partial charge is 0.433 e. The highest BCUT2D eigenvalue weighted by molar-refractivity contribution is 6.03. The lowest BCUT2D eigenvalue weighted by Crippen LogP contribution is -2.37. The van der Waals surface area contributed by atoms with Crippen LogP contribution in [-0.2, 0) is 22.1 Å². The number of hydrogen-bond acceptors (Lipinski definition) is 8. The molecule has 6 rings (SSSR count). The molecule has 1 amide bonds. The number of nitrogens with one attached hydrogen (secondary N) is 2. The number of alkyl halides is 3. The molecule has 248 valence electrons. The van der Waals surface area contributed by atoms with E-state index in [1.807, 2.05) is 11.9 Å². The summed E-state index contributed by atoms with van der Waals surface area (Å²) >= 11 is 0. The van der Waals surface area contributed by atoms with Gasteiger partial charge in [-0.1, -0.05) is 18.9 Å². The number of aryl methyl sites for hydroxylation is 1. The van der Waals surface area contributed by atoms with Crippen molar-refractivity contribution in [2.75, 3.05) is 37.5 Å². The summed E-state index contributed by atoms with van der Waals surface area (Å²) in [4.78, 5) is 46.4. The van der Waals surface area contributed by atoms with Gasteiger partial charge >= 0.3 is 12.1 Å². The molecule has 14 heteroatoms. The lowest BCUT2D eigenvalue weighted by atomic mass is 9.86. The fourth-order valence-electron chi connectivity index (χ4n) is 6.41. The normalized spacial score (nSPS) is 16.0. The number of fused-ring (bicyclic) bond motifs is 1. The van der Waals surface area contributed by atoms with Gasteiger partial charge in [-0.15, -0.1) is 0 Å². The molecule has 2 aliphatic rings. The van der Waals surface area contributed by atoms with Crippen molar-refractivity contribution in [3.8, 4) is 11.3 Å². The molecule has 4 aromatic rings. The number of halogens is 3. The van der Waals surface area contributed by atoms with E-state index in [1.54, 1.807) is 25.3 Å². The maximum Gasteiger partial charge on any atom is 0.433 e. The summed E-state index contributed by atoms with van der Waals surface area (Å²) in [5.41, 5.74) is 2.13. The van der Waals surface area contributed by atoms with Gasteiger partial charge < -0.3 is 19.7 Å². The number of methoxy groups -OCH3 is 1. The molecule has 0 spiro atoms. The first-order chi connectivity index (χ1) is 22.4. The van der Waals surface area contributed by atoms with Crippen LogP contribution in [0.15, 0.2) is 36.5 Å². The van der Waals surface area contributed by atoms with Gasteiger partial charge in [-0.05, 0) is 61.9 Å². The lowest BCUT2D eigenvalue weighted by Gasteiger charge is -2.34. The molecule has 0 bridgehead atoms. The van der Waals surface area contributed by atoms with Crippen LogP contribution in [0, 0.1) is 5.41 Å². The second-order valence-electron chi connectivity index (χ2n) is 12.6. The van der Waals surface area contributed by atoms with E-state index in [0.29, 0.717) is 46.9 Å². The monoisotopic (exact) mass is 651 g/mol. The zero-order valence-electron chi connectivity index (χ0n) is 26.2. The lowest BCUT2D eigenvalue weighted by molar-refractivity contribution is -0.141. The van der Waals surface area contributed by atoms with E-state index >= 15 is 0 Å². The number of hydrogen-bond donors (Lipinski definition) is 3. The zero-order chi connectivity index (χ0) is 33.3. The third-order valence-electron chi connectivity index (χ3n) is 8.88. The first kappa shape index (κ1) is 32.4. The first-order valence-corrected chi connectivity index (χ1v) is 15.6. The number of aliphatic carboxylic acids is 1. The molecule has 2 fully saturated rings. The number of carbonyl (C=O) groups excluding carboxylic acids is 1. The Bertz CT molecular complexity index is 1780. The predicted octanol–water partition coefficient (Wildman–Crippen LogP) is 6.22. The van der Waals surface area contributed by atoms with Crippen LogP contribution >= 0.6 is 0 Å². The Labute approximate surface area is 269 Å². The highest BCUT2D eigenvalue weighted by Gasteiger charge is 2.37. The number of nitrogens with zero attached hydrogens (tertiary/aromatic N) is 5. The molecule has 0 aliphatic heterocycles. The molecule has 4 aromatic heterocycles. The van der Waals surface area contributed by atoms with Crippen LogP contribution in [0.5, 0.6) is 0 Å². The van der Waals surface area contributed by atoms with E-state index in [-0.39, 0.29) is 41.5 Å². The van der Waals surface area contributed by atoms with Crippen molar-refractivity contribution < 1.29 is 32.6 Å². The summed E-state index contributed by atoms with van der Waals surface area (Å²) in [6.07, 6.45) is 2.80. The van der Waals surface area contributed by atoms with E-state index in [1.165, 1.54) is 12.3 Å². The van der Waals surface area contributed by atoms with E-state index < -0.39 is 23.7 Å². The molecule has 0 saturated heterocycles. The molecular weight excluding hydrogens is 615 g/mol. The van der Waals surface area contributed by atoms with Crippen molar-refractivity contribution in [1.82, 2.24) is 24.9 Å². The number of ether oxygens (including phenoxy) is 1. The van der Waals surface area contributed by atoms with E-state index in [2.05, 4.69) is 30.2 Å². The topological polar surface area (TPSA) is 146 Å². The van der Waals surface area contributed by atoms with Crippen molar-refractivity contribution in [3.05, 3.63) is 59.2 Å². The summed E-state index contributed by atoms with van der Waals surface area (Å²) in [5.74, 6) is -1.39. The molecule has 11 nitrogen and oxygen atoms in total. The number of aromatic amines is 1. The molecule has 47 heavy (non-hydrogen) atoms. The summed E-state index contributed by atoms with van der Waals surface area (Å²) in [7, 11) is 3.61. The summed E-state index contributed by atoms with van der Waals surface area (Å²) in [6, 6.07) is 7.60. The predicted molar refractivity (Wildman–Crippen MR) is 168 cm³/mol. The Morgan fingerprint density at radius 3 is 2.53 bits per heavy atom. The number of amides is 1. The average molecular weight is 652 g/mol. The number of carboxylic acid groups (broad SMARTS) is 1. The highest BCUT2D eigenvalue weighted by Crippen LogP contribution is 2.43. The van der Waals surface area contributed by atoms with Crippen molar-refractivity contribution in [2.45, 2.75) is 63.5 Å². The van der Waals surface area contributed by atoms with Gasteiger partial charge in [0, 0.05) is 55.9 Å². The van der Waals surface area contributed by atoms with Crippen LogP contribution in [0.4, 0.5) is 24.8 Å². The van der Waals surface area contributed by atoms with Gasteiger partial charge in [0.15, 0.2) is 5.65 Å². The quantitative estimate of drug-likeness (QED) is 0.162. The van der Waals surface area contributed by atoms with Crippen LogP contribution in [0.3, 0.4) is 0 Å². The Kier molecular flexibility index (Phi) is 8.88. The van der Waals surface area contributed by atoms with Gasteiger partial charge in [0.05, 0.1) is 18.0 Å². The third kappa shape index (κ3) is 7.37. The Morgan fingerprint density at radius 2 is 1.89 bits per heavy atom. The second kappa shape index (κ2) is 12.9.